The molecular formula is C17H14ClN3OS. The predicted molar refractivity (Wildman–Crippen MR) is 96.1 cm³/mol. The van der Waals surface area contributed by atoms with Gasteiger partial charge in [-0.3, -0.25) is 0 Å². The number of ether oxygens (including phenoxy) is 1. The molecule has 6 heteroatoms. The average Bonchev–Trinajstić information content (AvgIpc) is 3.05. The summed E-state index contributed by atoms with van der Waals surface area (Å²) in [4.78, 5) is 0. The fourth-order valence-electron chi connectivity index (χ4n) is 1.94. The molecule has 2 aromatic carbocycles. The number of rotatable bonds is 4. The lowest BCUT2D eigenvalue weighted by atomic mass is 10.2. The molecule has 0 aliphatic carbocycles. The van der Waals surface area contributed by atoms with Crippen molar-refractivity contribution in [1.82, 2.24) is 9.78 Å². The van der Waals surface area contributed by atoms with Crippen molar-refractivity contribution >= 4 is 34.6 Å². The smallest absolute Gasteiger partial charge is 0.233 e. The second kappa shape index (κ2) is 7.26. The maximum atomic E-state index is 5.86. The predicted octanol–water partition coefficient (Wildman–Crippen LogP) is 4.36. The van der Waals surface area contributed by atoms with Crippen LogP contribution in [0, 0.1) is 0 Å². The van der Waals surface area contributed by atoms with Crippen LogP contribution in [0.3, 0.4) is 0 Å². The van der Waals surface area contributed by atoms with Crippen LogP contribution in [-0.2, 0) is 6.61 Å². The zero-order chi connectivity index (χ0) is 16.1. The third-order valence-electron chi connectivity index (χ3n) is 3.10. The molecule has 0 aliphatic heterocycles. The van der Waals surface area contributed by atoms with Gasteiger partial charge in [-0.05, 0) is 42.0 Å². The molecule has 0 fully saturated rings. The van der Waals surface area contributed by atoms with E-state index in [-0.39, 0.29) is 0 Å². The SMILES string of the molecule is S=C(Nc1ccc(Cl)cc1)n1ccc(OCc2ccccc2)n1. The van der Waals surface area contributed by atoms with E-state index in [0.29, 0.717) is 22.6 Å². The van der Waals surface area contributed by atoms with Crippen molar-refractivity contribution in [2.45, 2.75) is 6.61 Å². The van der Waals surface area contributed by atoms with Crippen LogP contribution in [-0.4, -0.2) is 14.9 Å². The molecule has 0 saturated heterocycles. The molecule has 1 aromatic heterocycles. The van der Waals surface area contributed by atoms with Crippen molar-refractivity contribution in [2.75, 3.05) is 5.32 Å². The minimum Gasteiger partial charge on any atom is -0.472 e. The van der Waals surface area contributed by atoms with Gasteiger partial charge in [0, 0.05) is 23.0 Å². The second-order valence-electron chi connectivity index (χ2n) is 4.81. The third kappa shape index (κ3) is 4.31. The highest BCUT2D eigenvalue weighted by atomic mass is 35.5. The molecule has 3 rings (SSSR count). The van der Waals surface area contributed by atoms with Gasteiger partial charge in [0.25, 0.3) is 0 Å². The fraction of sp³-hybridized carbons (Fsp3) is 0.0588. The molecule has 0 aliphatic rings. The van der Waals surface area contributed by atoms with E-state index in [2.05, 4.69) is 10.4 Å². The van der Waals surface area contributed by atoms with Gasteiger partial charge in [0.2, 0.25) is 5.88 Å². The number of thiocarbonyl (C=S) groups is 1. The van der Waals surface area contributed by atoms with Gasteiger partial charge in [0.1, 0.15) is 6.61 Å². The minimum atomic E-state index is 0.460. The second-order valence-corrected chi connectivity index (χ2v) is 5.63. The molecule has 0 unspecified atom stereocenters. The van der Waals surface area contributed by atoms with Gasteiger partial charge in [-0.2, -0.15) is 0 Å². The highest BCUT2D eigenvalue weighted by Crippen LogP contribution is 2.14. The Hall–Kier alpha value is -2.37. The van der Waals surface area contributed by atoms with Crippen LogP contribution in [0.25, 0.3) is 0 Å². The van der Waals surface area contributed by atoms with Crippen LogP contribution in [0.1, 0.15) is 5.56 Å². The third-order valence-corrected chi connectivity index (χ3v) is 3.64. The Morgan fingerprint density at radius 2 is 1.83 bits per heavy atom. The summed E-state index contributed by atoms with van der Waals surface area (Å²) in [6, 6.07) is 19.0. The molecule has 1 heterocycles. The normalized spacial score (nSPS) is 10.3. The molecule has 3 aromatic rings. The van der Waals surface area contributed by atoms with Crippen LogP contribution in [0.5, 0.6) is 5.88 Å². The van der Waals surface area contributed by atoms with Gasteiger partial charge in [-0.15, -0.1) is 5.10 Å². The first-order valence-electron chi connectivity index (χ1n) is 7.00. The highest BCUT2D eigenvalue weighted by molar-refractivity contribution is 7.80. The summed E-state index contributed by atoms with van der Waals surface area (Å²) >= 11 is 11.2. The Morgan fingerprint density at radius 3 is 2.57 bits per heavy atom. The number of benzene rings is 2. The molecule has 0 amide bonds. The zero-order valence-electron chi connectivity index (χ0n) is 12.1. The number of aromatic nitrogens is 2. The molecular weight excluding hydrogens is 330 g/mol. The first kappa shape index (κ1) is 15.5. The molecule has 0 bridgehead atoms. The van der Waals surface area contributed by atoms with E-state index in [4.69, 9.17) is 28.6 Å². The van der Waals surface area contributed by atoms with E-state index in [9.17, 15) is 0 Å². The maximum Gasteiger partial charge on any atom is 0.233 e. The van der Waals surface area contributed by atoms with Gasteiger partial charge in [0.05, 0.1) is 0 Å². The van der Waals surface area contributed by atoms with Gasteiger partial charge in [-0.1, -0.05) is 41.9 Å². The van der Waals surface area contributed by atoms with E-state index in [0.717, 1.165) is 11.3 Å². The number of halogens is 1. The number of nitrogens with zero attached hydrogens (tertiary/aromatic N) is 2. The zero-order valence-corrected chi connectivity index (χ0v) is 13.7. The van der Waals surface area contributed by atoms with E-state index < -0.39 is 0 Å². The topological polar surface area (TPSA) is 39.1 Å². The van der Waals surface area contributed by atoms with Crippen molar-refractivity contribution in [1.29, 1.82) is 0 Å². The lowest BCUT2D eigenvalue weighted by Crippen LogP contribution is -2.19. The lowest BCUT2D eigenvalue weighted by molar-refractivity contribution is 0.292. The van der Waals surface area contributed by atoms with Crippen LogP contribution in [0.15, 0.2) is 66.9 Å². The molecule has 4 nitrogen and oxygen atoms in total. The Bertz CT molecular complexity index is 787. The van der Waals surface area contributed by atoms with E-state index in [1.807, 2.05) is 42.5 Å². The monoisotopic (exact) mass is 343 g/mol. The summed E-state index contributed by atoms with van der Waals surface area (Å²) < 4.78 is 7.21. The molecule has 0 saturated carbocycles. The summed E-state index contributed by atoms with van der Waals surface area (Å²) in [7, 11) is 0. The van der Waals surface area contributed by atoms with Crippen LogP contribution < -0.4 is 10.1 Å². The molecule has 116 valence electrons. The number of nitrogens with one attached hydrogen (secondary N) is 1. The molecule has 1 N–H and O–H groups in total. The van der Waals surface area contributed by atoms with Crippen molar-refractivity contribution in [3.05, 3.63) is 77.4 Å². The number of hydrogen-bond donors (Lipinski definition) is 1. The van der Waals surface area contributed by atoms with Crippen molar-refractivity contribution in [2.24, 2.45) is 0 Å². The molecule has 0 spiro atoms. The Labute approximate surface area is 144 Å². The molecule has 23 heavy (non-hydrogen) atoms. The van der Waals surface area contributed by atoms with Crippen LogP contribution >= 0.6 is 23.8 Å². The van der Waals surface area contributed by atoms with Crippen LogP contribution in [0.4, 0.5) is 5.69 Å². The van der Waals surface area contributed by atoms with Gasteiger partial charge in [-0.25, -0.2) is 4.68 Å². The maximum absolute atomic E-state index is 5.86. The Kier molecular flexibility index (Phi) is 4.90. The highest BCUT2D eigenvalue weighted by Gasteiger charge is 2.05. The summed E-state index contributed by atoms with van der Waals surface area (Å²) in [6.45, 7) is 0.467. The number of hydrogen-bond acceptors (Lipinski definition) is 3. The minimum absolute atomic E-state index is 0.460. The average molecular weight is 344 g/mol. The van der Waals surface area contributed by atoms with Crippen molar-refractivity contribution in [3.63, 3.8) is 0 Å². The molecule has 0 radical (unpaired) electrons. The largest absolute Gasteiger partial charge is 0.472 e. The van der Waals surface area contributed by atoms with Gasteiger partial charge in [0.15, 0.2) is 5.11 Å². The first-order valence-corrected chi connectivity index (χ1v) is 7.79. The van der Waals surface area contributed by atoms with Crippen molar-refractivity contribution in [3.8, 4) is 5.88 Å². The fourth-order valence-corrected chi connectivity index (χ4v) is 2.29. The van der Waals surface area contributed by atoms with Gasteiger partial charge < -0.3 is 10.1 Å². The summed E-state index contributed by atoms with van der Waals surface area (Å²) in [5, 5.41) is 8.53. The lowest BCUT2D eigenvalue weighted by Gasteiger charge is -2.07. The number of anilines is 1. The standard InChI is InChI=1S/C17H14ClN3OS/c18-14-6-8-15(9-7-14)19-17(23)21-11-10-16(20-21)22-12-13-4-2-1-3-5-13/h1-11H,12H2,(H,19,23). The summed E-state index contributed by atoms with van der Waals surface area (Å²) in [5.41, 5.74) is 1.94. The first-order chi connectivity index (χ1) is 11.2. The Morgan fingerprint density at radius 1 is 1.09 bits per heavy atom. The summed E-state index contributed by atoms with van der Waals surface area (Å²) in [5.74, 6) is 0.522. The van der Waals surface area contributed by atoms with Gasteiger partial charge >= 0.3 is 0 Å². The van der Waals surface area contributed by atoms with E-state index >= 15 is 0 Å². The van der Waals surface area contributed by atoms with Crippen LogP contribution in [0.2, 0.25) is 5.02 Å². The van der Waals surface area contributed by atoms with E-state index in [1.54, 1.807) is 29.1 Å². The van der Waals surface area contributed by atoms with Crippen molar-refractivity contribution < 1.29 is 4.74 Å². The Balaban J connectivity index is 1.59. The molecule has 0 atom stereocenters. The summed E-state index contributed by atoms with van der Waals surface area (Å²) in [6.07, 6.45) is 1.76. The van der Waals surface area contributed by atoms with E-state index in [1.165, 1.54) is 0 Å². The quantitative estimate of drug-likeness (QED) is 0.714.